The summed E-state index contributed by atoms with van der Waals surface area (Å²) >= 11 is 0. The molecule has 1 heterocycles. The Balaban J connectivity index is 2.32. The van der Waals surface area contributed by atoms with E-state index >= 15 is 0 Å². The number of imide groups is 1. The van der Waals surface area contributed by atoms with E-state index in [1.807, 2.05) is 57.3 Å². The van der Waals surface area contributed by atoms with Gasteiger partial charge in [-0.05, 0) is 36.5 Å². The Bertz CT molecular complexity index is 581. The number of nitrogens with one attached hydrogen (secondary N) is 2. The van der Waals surface area contributed by atoms with Crippen LogP contribution in [0, 0.1) is 0 Å². The molecule has 3 amide bonds. The minimum Gasteiger partial charge on any atom is -0.432 e. The van der Waals surface area contributed by atoms with Crippen molar-refractivity contribution in [2.45, 2.75) is 50.4 Å². The van der Waals surface area contributed by atoms with Gasteiger partial charge in [-0.2, -0.15) is 0 Å². The first-order chi connectivity index (χ1) is 10.1. The van der Waals surface area contributed by atoms with E-state index in [4.69, 9.17) is 0 Å². The molecule has 120 valence electrons. The summed E-state index contributed by atoms with van der Waals surface area (Å²) in [7, 11) is -2.37. The number of hydrogen-bond donors (Lipinski definition) is 3. The number of hydrogen-bond acceptors (Lipinski definition) is 3. The van der Waals surface area contributed by atoms with Gasteiger partial charge in [0.05, 0.1) is 0 Å². The molecule has 0 aromatic heterocycles. The predicted octanol–water partition coefficient (Wildman–Crippen LogP) is 2.48. The first-order valence-corrected chi connectivity index (χ1v) is 10.4. The van der Waals surface area contributed by atoms with Crippen LogP contribution in [0.25, 0.3) is 0 Å². The molecule has 1 atom stereocenters. The van der Waals surface area contributed by atoms with Gasteiger partial charge in [-0.15, -0.1) is 0 Å². The summed E-state index contributed by atoms with van der Waals surface area (Å²) in [6.07, 6.45) is 1.10. The van der Waals surface area contributed by atoms with Crippen LogP contribution in [0.1, 0.15) is 32.3 Å². The summed E-state index contributed by atoms with van der Waals surface area (Å²) in [4.78, 5) is 34.6. The third-order valence-electron chi connectivity index (χ3n) is 4.99. The van der Waals surface area contributed by atoms with Crippen molar-refractivity contribution in [2.75, 3.05) is 0 Å². The van der Waals surface area contributed by atoms with E-state index < -0.39 is 19.9 Å². The molecular weight excluding hydrogens is 296 g/mol. The van der Waals surface area contributed by atoms with Crippen molar-refractivity contribution < 1.29 is 14.4 Å². The number of amides is 3. The van der Waals surface area contributed by atoms with E-state index in [1.54, 1.807) is 0 Å². The summed E-state index contributed by atoms with van der Waals surface area (Å²) < 4.78 is 0. The maximum atomic E-state index is 12.4. The number of carbonyl (C=O) groups excluding carboxylic acids is 2. The molecule has 1 saturated heterocycles. The topological polar surface area (TPSA) is 78.4 Å². The summed E-state index contributed by atoms with van der Waals surface area (Å²) in [6.45, 7) is 7.84. The number of carbonyl (C=O) groups is 2. The minimum absolute atomic E-state index is 0.262. The van der Waals surface area contributed by atoms with Gasteiger partial charge in [0.1, 0.15) is 5.54 Å². The largest absolute Gasteiger partial charge is 0.432 e. The molecule has 1 aliphatic rings. The van der Waals surface area contributed by atoms with E-state index in [0.29, 0.717) is 12.8 Å². The van der Waals surface area contributed by atoms with Crippen LogP contribution < -0.4 is 10.6 Å². The Morgan fingerprint density at radius 3 is 2.23 bits per heavy atom. The zero-order chi connectivity index (χ0) is 16.6. The molecule has 6 heteroatoms. The van der Waals surface area contributed by atoms with Crippen molar-refractivity contribution in [3.63, 3.8) is 0 Å². The zero-order valence-electron chi connectivity index (χ0n) is 13.6. The third-order valence-corrected chi connectivity index (χ3v) is 8.55. The molecular formula is C16H24N2O3Si. The molecule has 5 nitrogen and oxygen atoms in total. The van der Waals surface area contributed by atoms with Crippen LogP contribution in [0.15, 0.2) is 30.3 Å². The first-order valence-electron chi connectivity index (χ1n) is 7.50. The van der Waals surface area contributed by atoms with Crippen LogP contribution in [0.2, 0.25) is 18.1 Å². The molecule has 1 aliphatic heterocycles. The number of benzene rings is 1. The van der Waals surface area contributed by atoms with Gasteiger partial charge in [-0.3, -0.25) is 10.1 Å². The molecule has 0 radical (unpaired) electrons. The van der Waals surface area contributed by atoms with Gasteiger partial charge in [0.15, 0.2) is 8.32 Å². The fraction of sp³-hybridized carbons (Fsp3) is 0.500. The molecule has 0 bridgehead atoms. The fourth-order valence-corrected chi connectivity index (χ4v) is 3.28. The molecule has 1 aromatic carbocycles. The van der Waals surface area contributed by atoms with Crippen LogP contribution in [-0.2, 0) is 10.3 Å². The Morgan fingerprint density at radius 2 is 1.77 bits per heavy atom. The van der Waals surface area contributed by atoms with E-state index in [1.165, 1.54) is 0 Å². The van der Waals surface area contributed by atoms with Gasteiger partial charge >= 0.3 is 6.03 Å². The van der Waals surface area contributed by atoms with E-state index in [0.717, 1.165) is 5.56 Å². The molecule has 0 aliphatic carbocycles. The summed E-state index contributed by atoms with van der Waals surface area (Å²) in [5.41, 5.74) is -0.276. The van der Waals surface area contributed by atoms with Gasteiger partial charge in [0.25, 0.3) is 5.91 Å². The van der Waals surface area contributed by atoms with Crippen LogP contribution in [0.4, 0.5) is 4.79 Å². The minimum atomic E-state index is -2.37. The fourth-order valence-electron chi connectivity index (χ4n) is 2.54. The normalized spacial score (nSPS) is 22.4. The average molecular weight is 320 g/mol. The number of rotatable bonds is 5. The summed E-state index contributed by atoms with van der Waals surface area (Å²) in [5.74, 6) is -0.322. The Hall–Kier alpha value is -1.66. The molecule has 22 heavy (non-hydrogen) atoms. The van der Waals surface area contributed by atoms with Crippen LogP contribution in [0.3, 0.4) is 0 Å². The summed E-state index contributed by atoms with van der Waals surface area (Å²) in [6, 6.07) is 8.81. The Labute approximate surface area is 132 Å². The highest BCUT2D eigenvalue weighted by Gasteiger charge is 2.49. The van der Waals surface area contributed by atoms with Gasteiger partial charge in [-0.25, -0.2) is 4.79 Å². The predicted molar refractivity (Wildman–Crippen MR) is 87.8 cm³/mol. The first kappa shape index (κ1) is 16.7. The van der Waals surface area contributed by atoms with Crippen molar-refractivity contribution in [1.29, 1.82) is 0 Å². The van der Waals surface area contributed by atoms with Crippen molar-refractivity contribution in [3.8, 4) is 0 Å². The van der Waals surface area contributed by atoms with Crippen molar-refractivity contribution in [2.24, 2.45) is 0 Å². The lowest BCUT2D eigenvalue weighted by atomic mass is 9.83. The van der Waals surface area contributed by atoms with Gasteiger partial charge in [-0.1, -0.05) is 44.2 Å². The lowest BCUT2D eigenvalue weighted by molar-refractivity contribution is -0.124. The van der Waals surface area contributed by atoms with Gasteiger partial charge in [0.2, 0.25) is 0 Å². The standard InChI is InChI=1S/C16H24N2O3Si/c1-15(2,22(3,4)21)10-11-16(12-8-6-5-7-9-12)13(19)17-14(20)18-16/h5-9,21H,10-11H2,1-4H3,(H2,17,18,19,20). The quantitative estimate of drug-likeness (QED) is 0.576. The second kappa shape index (κ2) is 5.51. The van der Waals surface area contributed by atoms with Crippen LogP contribution in [-0.4, -0.2) is 25.1 Å². The third kappa shape index (κ3) is 2.93. The molecule has 0 spiro atoms. The van der Waals surface area contributed by atoms with Crippen molar-refractivity contribution in [1.82, 2.24) is 10.6 Å². The number of urea groups is 1. The van der Waals surface area contributed by atoms with Crippen molar-refractivity contribution in [3.05, 3.63) is 35.9 Å². The Kier molecular flexibility index (Phi) is 4.19. The monoisotopic (exact) mass is 320 g/mol. The second-order valence-electron chi connectivity index (χ2n) is 7.12. The molecule has 3 N–H and O–H groups in total. The maximum absolute atomic E-state index is 12.4. The van der Waals surface area contributed by atoms with E-state index in [-0.39, 0.29) is 10.9 Å². The molecule has 1 fully saturated rings. The zero-order valence-corrected chi connectivity index (χ0v) is 14.6. The molecule has 0 saturated carbocycles. The van der Waals surface area contributed by atoms with E-state index in [2.05, 4.69) is 10.6 Å². The molecule has 1 unspecified atom stereocenters. The summed E-state index contributed by atoms with van der Waals surface area (Å²) in [5, 5.41) is 4.87. The molecule has 2 rings (SSSR count). The van der Waals surface area contributed by atoms with Crippen LogP contribution in [0.5, 0.6) is 0 Å². The van der Waals surface area contributed by atoms with Gasteiger partial charge in [0, 0.05) is 0 Å². The highest BCUT2D eigenvalue weighted by molar-refractivity contribution is 6.72. The van der Waals surface area contributed by atoms with Crippen molar-refractivity contribution >= 4 is 20.3 Å². The molecule has 1 aromatic rings. The smallest absolute Gasteiger partial charge is 0.322 e. The lowest BCUT2D eigenvalue weighted by Crippen LogP contribution is -2.46. The van der Waals surface area contributed by atoms with Crippen LogP contribution >= 0.6 is 0 Å². The average Bonchev–Trinajstić information content (AvgIpc) is 2.72. The van der Waals surface area contributed by atoms with Gasteiger partial charge < -0.3 is 10.1 Å². The SMILES string of the molecule is CC(C)(CCC1(c2ccccc2)NC(=O)NC1=O)[Si](C)(C)O. The second-order valence-corrected chi connectivity index (χ2v) is 11.6. The lowest BCUT2D eigenvalue weighted by Gasteiger charge is -2.38. The Morgan fingerprint density at radius 1 is 1.18 bits per heavy atom. The van der Waals surface area contributed by atoms with E-state index in [9.17, 15) is 14.4 Å². The maximum Gasteiger partial charge on any atom is 0.322 e. The highest BCUT2D eigenvalue weighted by atomic mass is 28.4. The highest BCUT2D eigenvalue weighted by Crippen LogP contribution is 2.43.